The Morgan fingerprint density at radius 2 is 1.84 bits per heavy atom. The SMILES string of the molecule is CN=C(NCCCCN(C)c1ccccc1)NCCCn1cccn1. The molecule has 2 N–H and O–H groups in total. The Labute approximate surface area is 151 Å². The quantitative estimate of drug-likeness (QED) is 0.395. The van der Waals surface area contributed by atoms with E-state index in [-0.39, 0.29) is 0 Å². The van der Waals surface area contributed by atoms with Crippen LogP contribution >= 0.6 is 0 Å². The van der Waals surface area contributed by atoms with E-state index in [2.05, 4.69) is 63.0 Å². The molecule has 1 heterocycles. The zero-order valence-corrected chi connectivity index (χ0v) is 15.4. The van der Waals surface area contributed by atoms with Crippen molar-refractivity contribution in [2.24, 2.45) is 4.99 Å². The van der Waals surface area contributed by atoms with Gasteiger partial charge in [0.1, 0.15) is 0 Å². The summed E-state index contributed by atoms with van der Waals surface area (Å²) in [6.45, 7) is 3.79. The van der Waals surface area contributed by atoms with E-state index in [4.69, 9.17) is 0 Å². The van der Waals surface area contributed by atoms with Gasteiger partial charge in [-0.15, -0.1) is 0 Å². The van der Waals surface area contributed by atoms with E-state index in [1.54, 1.807) is 0 Å². The van der Waals surface area contributed by atoms with Crippen LogP contribution in [-0.4, -0.2) is 49.5 Å². The minimum Gasteiger partial charge on any atom is -0.375 e. The number of anilines is 1. The number of nitrogens with one attached hydrogen (secondary N) is 2. The van der Waals surface area contributed by atoms with Crippen molar-refractivity contribution in [3.63, 3.8) is 0 Å². The van der Waals surface area contributed by atoms with Gasteiger partial charge in [0.05, 0.1) is 0 Å². The molecule has 2 rings (SSSR count). The van der Waals surface area contributed by atoms with Crippen molar-refractivity contribution in [2.45, 2.75) is 25.8 Å². The fourth-order valence-corrected chi connectivity index (χ4v) is 2.59. The first-order valence-corrected chi connectivity index (χ1v) is 8.97. The Morgan fingerprint density at radius 1 is 1.08 bits per heavy atom. The minimum atomic E-state index is 0.872. The molecule has 6 nitrogen and oxygen atoms in total. The summed E-state index contributed by atoms with van der Waals surface area (Å²) in [7, 11) is 3.95. The van der Waals surface area contributed by atoms with Crippen LogP contribution < -0.4 is 15.5 Å². The summed E-state index contributed by atoms with van der Waals surface area (Å²) >= 11 is 0. The normalized spacial score (nSPS) is 11.4. The third-order valence-electron chi connectivity index (χ3n) is 4.05. The molecule has 0 aliphatic rings. The van der Waals surface area contributed by atoms with Crippen LogP contribution in [0, 0.1) is 0 Å². The lowest BCUT2D eigenvalue weighted by Gasteiger charge is -2.19. The van der Waals surface area contributed by atoms with Gasteiger partial charge in [0, 0.05) is 58.4 Å². The van der Waals surface area contributed by atoms with Gasteiger partial charge in [0.25, 0.3) is 0 Å². The van der Waals surface area contributed by atoms with Crippen molar-refractivity contribution in [2.75, 3.05) is 38.6 Å². The fourth-order valence-electron chi connectivity index (χ4n) is 2.59. The average Bonchev–Trinajstić information content (AvgIpc) is 3.17. The number of hydrogen-bond donors (Lipinski definition) is 2. The van der Waals surface area contributed by atoms with Crippen LogP contribution in [0.25, 0.3) is 0 Å². The number of hydrogen-bond acceptors (Lipinski definition) is 3. The maximum atomic E-state index is 4.26. The smallest absolute Gasteiger partial charge is 0.190 e. The molecule has 0 aliphatic heterocycles. The molecular weight excluding hydrogens is 312 g/mol. The number of guanidine groups is 1. The van der Waals surface area contributed by atoms with Crippen LogP contribution in [0.1, 0.15) is 19.3 Å². The summed E-state index contributed by atoms with van der Waals surface area (Å²) in [6.07, 6.45) is 7.08. The Hall–Kier alpha value is -2.50. The molecule has 0 unspecified atom stereocenters. The zero-order valence-electron chi connectivity index (χ0n) is 15.4. The zero-order chi connectivity index (χ0) is 17.7. The van der Waals surface area contributed by atoms with Crippen LogP contribution in [0.3, 0.4) is 0 Å². The molecule has 136 valence electrons. The highest BCUT2D eigenvalue weighted by Crippen LogP contribution is 2.11. The van der Waals surface area contributed by atoms with Crippen LogP contribution in [0.15, 0.2) is 53.8 Å². The van der Waals surface area contributed by atoms with Gasteiger partial charge in [-0.25, -0.2) is 0 Å². The van der Waals surface area contributed by atoms with E-state index >= 15 is 0 Å². The summed E-state index contributed by atoms with van der Waals surface area (Å²) in [4.78, 5) is 6.56. The van der Waals surface area contributed by atoms with E-state index < -0.39 is 0 Å². The van der Waals surface area contributed by atoms with E-state index in [1.165, 1.54) is 5.69 Å². The molecule has 1 aromatic carbocycles. The van der Waals surface area contributed by atoms with Crippen LogP contribution in [0.4, 0.5) is 5.69 Å². The number of benzene rings is 1. The lowest BCUT2D eigenvalue weighted by molar-refractivity contribution is 0.569. The van der Waals surface area contributed by atoms with Gasteiger partial charge in [-0.05, 0) is 37.5 Å². The highest BCUT2D eigenvalue weighted by atomic mass is 15.3. The number of aliphatic imine (C=N–C) groups is 1. The lowest BCUT2D eigenvalue weighted by atomic mass is 10.2. The van der Waals surface area contributed by atoms with Gasteiger partial charge in [-0.3, -0.25) is 9.67 Å². The van der Waals surface area contributed by atoms with E-state index in [0.717, 1.165) is 51.4 Å². The molecule has 0 aliphatic carbocycles. The monoisotopic (exact) mass is 342 g/mol. The second kappa shape index (κ2) is 11.1. The Morgan fingerprint density at radius 3 is 2.52 bits per heavy atom. The number of para-hydroxylation sites is 1. The standard InChI is InChI=1S/C19H30N6/c1-20-19(22-13-8-16-25-17-9-14-23-25)21-12-6-7-15-24(2)18-10-4-3-5-11-18/h3-5,9-11,14,17H,6-8,12-13,15-16H2,1-2H3,(H2,20,21,22). The highest BCUT2D eigenvalue weighted by Gasteiger charge is 2.00. The predicted molar refractivity (Wildman–Crippen MR) is 105 cm³/mol. The van der Waals surface area contributed by atoms with Gasteiger partial charge < -0.3 is 15.5 Å². The van der Waals surface area contributed by atoms with Gasteiger partial charge in [0.15, 0.2) is 5.96 Å². The summed E-state index contributed by atoms with van der Waals surface area (Å²) in [5.41, 5.74) is 1.27. The number of rotatable bonds is 10. The average molecular weight is 342 g/mol. The number of unbranched alkanes of at least 4 members (excludes halogenated alkanes) is 1. The third-order valence-corrected chi connectivity index (χ3v) is 4.05. The summed E-state index contributed by atoms with van der Waals surface area (Å²) < 4.78 is 1.95. The highest BCUT2D eigenvalue weighted by molar-refractivity contribution is 5.79. The largest absolute Gasteiger partial charge is 0.375 e. The number of nitrogens with zero attached hydrogens (tertiary/aromatic N) is 4. The van der Waals surface area contributed by atoms with Crippen molar-refractivity contribution in [1.82, 2.24) is 20.4 Å². The molecule has 0 saturated heterocycles. The van der Waals surface area contributed by atoms with E-state index in [9.17, 15) is 0 Å². The Balaban J connectivity index is 1.52. The van der Waals surface area contributed by atoms with Crippen molar-refractivity contribution in [1.29, 1.82) is 0 Å². The molecule has 2 aromatic rings. The van der Waals surface area contributed by atoms with Gasteiger partial charge in [-0.1, -0.05) is 18.2 Å². The predicted octanol–water partition coefficient (Wildman–Crippen LogP) is 2.35. The molecule has 0 fully saturated rings. The first kappa shape index (κ1) is 18.8. The van der Waals surface area contributed by atoms with Crippen LogP contribution in [-0.2, 0) is 6.54 Å². The number of aromatic nitrogens is 2. The maximum Gasteiger partial charge on any atom is 0.190 e. The summed E-state index contributed by atoms with van der Waals surface area (Å²) in [6, 6.07) is 12.4. The topological polar surface area (TPSA) is 57.5 Å². The van der Waals surface area contributed by atoms with E-state index in [0.29, 0.717) is 0 Å². The van der Waals surface area contributed by atoms with Crippen LogP contribution in [0.2, 0.25) is 0 Å². The van der Waals surface area contributed by atoms with Gasteiger partial charge in [0.2, 0.25) is 0 Å². The molecule has 0 atom stereocenters. The minimum absolute atomic E-state index is 0.872. The van der Waals surface area contributed by atoms with E-state index in [1.807, 2.05) is 30.2 Å². The van der Waals surface area contributed by atoms with Crippen molar-refractivity contribution in [3.05, 3.63) is 48.8 Å². The second-order valence-corrected chi connectivity index (χ2v) is 6.01. The number of aryl methyl sites for hydroxylation is 1. The molecule has 0 radical (unpaired) electrons. The molecule has 25 heavy (non-hydrogen) atoms. The second-order valence-electron chi connectivity index (χ2n) is 6.01. The first-order chi connectivity index (χ1) is 12.3. The molecular formula is C19H30N6. The van der Waals surface area contributed by atoms with Gasteiger partial charge >= 0.3 is 0 Å². The summed E-state index contributed by atoms with van der Waals surface area (Å²) in [5.74, 6) is 0.872. The molecule has 0 bridgehead atoms. The van der Waals surface area contributed by atoms with Crippen molar-refractivity contribution >= 4 is 11.6 Å². The van der Waals surface area contributed by atoms with Crippen molar-refractivity contribution in [3.8, 4) is 0 Å². The molecule has 0 spiro atoms. The Kier molecular flexibility index (Phi) is 8.38. The van der Waals surface area contributed by atoms with Crippen molar-refractivity contribution < 1.29 is 0 Å². The first-order valence-electron chi connectivity index (χ1n) is 8.97. The third kappa shape index (κ3) is 7.28. The molecule has 0 saturated carbocycles. The Bertz CT molecular complexity index is 594. The molecule has 0 amide bonds. The molecule has 6 heteroatoms. The lowest BCUT2D eigenvalue weighted by Crippen LogP contribution is -2.38. The summed E-state index contributed by atoms with van der Waals surface area (Å²) in [5, 5.41) is 10.9. The maximum absolute atomic E-state index is 4.26. The fraction of sp³-hybridized carbons (Fsp3) is 0.474. The molecule has 1 aromatic heterocycles. The van der Waals surface area contributed by atoms with Gasteiger partial charge in [-0.2, -0.15) is 5.10 Å². The van der Waals surface area contributed by atoms with Crippen LogP contribution in [0.5, 0.6) is 0 Å².